The van der Waals surface area contributed by atoms with Gasteiger partial charge in [-0.2, -0.15) is 0 Å². The Bertz CT molecular complexity index is 896. The molecule has 146 valence electrons. The predicted molar refractivity (Wildman–Crippen MR) is 102 cm³/mol. The molecule has 1 N–H and O–H groups in total. The molecule has 2 aliphatic heterocycles. The highest BCUT2D eigenvalue weighted by molar-refractivity contribution is 6.00. The van der Waals surface area contributed by atoms with Gasteiger partial charge in [0.15, 0.2) is 18.2 Å². The fourth-order valence-electron chi connectivity index (χ4n) is 3.53. The Hall–Kier alpha value is -2.93. The van der Waals surface area contributed by atoms with Gasteiger partial charge in [0.2, 0.25) is 0 Å². The van der Waals surface area contributed by atoms with E-state index in [0.717, 1.165) is 30.5 Å². The Morgan fingerprint density at radius 1 is 1.25 bits per heavy atom. The SMILES string of the molecule is O=C(COc1ccccc1F)Nc1ccc2c(c1)N(C(=O)[C@H]1CCCO1)CC2. The molecule has 0 saturated carbocycles. The fourth-order valence-corrected chi connectivity index (χ4v) is 3.53. The molecule has 0 spiro atoms. The van der Waals surface area contributed by atoms with Gasteiger partial charge in [0.1, 0.15) is 6.10 Å². The second kappa shape index (κ2) is 7.98. The third kappa shape index (κ3) is 3.84. The lowest BCUT2D eigenvalue weighted by Gasteiger charge is -2.21. The smallest absolute Gasteiger partial charge is 0.262 e. The molecule has 1 atom stereocenters. The maximum Gasteiger partial charge on any atom is 0.262 e. The summed E-state index contributed by atoms with van der Waals surface area (Å²) in [5, 5.41) is 2.73. The molecule has 1 saturated heterocycles. The summed E-state index contributed by atoms with van der Waals surface area (Å²) in [5.74, 6) is -0.920. The minimum Gasteiger partial charge on any atom is -0.481 e. The van der Waals surface area contributed by atoms with E-state index >= 15 is 0 Å². The second-order valence-corrected chi connectivity index (χ2v) is 6.85. The molecule has 0 aliphatic carbocycles. The summed E-state index contributed by atoms with van der Waals surface area (Å²) in [6.07, 6.45) is 2.04. The van der Waals surface area contributed by atoms with Gasteiger partial charge in [-0.05, 0) is 49.1 Å². The molecule has 4 rings (SSSR count). The van der Waals surface area contributed by atoms with Gasteiger partial charge in [0, 0.05) is 24.5 Å². The van der Waals surface area contributed by atoms with Crippen molar-refractivity contribution in [2.24, 2.45) is 0 Å². The number of nitrogens with one attached hydrogen (secondary N) is 1. The van der Waals surface area contributed by atoms with Crippen LogP contribution < -0.4 is 15.0 Å². The van der Waals surface area contributed by atoms with E-state index in [-0.39, 0.29) is 24.4 Å². The minimum atomic E-state index is -0.517. The first kappa shape index (κ1) is 18.4. The summed E-state index contributed by atoms with van der Waals surface area (Å²) in [6, 6.07) is 11.4. The van der Waals surface area contributed by atoms with Crippen LogP contribution in [0.1, 0.15) is 18.4 Å². The Labute approximate surface area is 162 Å². The number of benzene rings is 2. The van der Waals surface area contributed by atoms with Crippen LogP contribution in [-0.4, -0.2) is 37.7 Å². The molecule has 2 aliphatic rings. The number of hydrogen-bond donors (Lipinski definition) is 1. The first-order valence-electron chi connectivity index (χ1n) is 9.35. The Morgan fingerprint density at radius 2 is 2.11 bits per heavy atom. The van der Waals surface area contributed by atoms with Gasteiger partial charge in [-0.1, -0.05) is 18.2 Å². The van der Waals surface area contributed by atoms with E-state index in [1.807, 2.05) is 6.07 Å². The number of para-hydroxylation sites is 1. The molecular weight excluding hydrogens is 363 g/mol. The third-order valence-corrected chi connectivity index (χ3v) is 4.93. The van der Waals surface area contributed by atoms with E-state index in [9.17, 15) is 14.0 Å². The van der Waals surface area contributed by atoms with E-state index in [1.165, 1.54) is 12.1 Å². The standard InChI is InChI=1S/C21H21FN2O4/c22-16-4-1-2-5-18(16)28-13-20(25)23-15-8-7-14-9-10-24(17(14)12-15)21(26)19-6-3-11-27-19/h1-2,4-5,7-8,12,19H,3,6,9-11,13H2,(H,23,25)/t19-/m1/s1. The summed E-state index contributed by atoms with van der Waals surface area (Å²) in [7, 11) is 0. The van der Waals surface area contributed by atoms with Crippen LogP contribution in [0.2, 0.25) is 0 Å². The predicted octanol–water partition coefficient (Wildman–Crippen LogP) is 2.91. The maximum atomic E-state index is 13.6. The van der Waals surface area contributed by atoms with Crippen LogP contribution in [0.15, 0.2) is 42.5 Å². The van der Waals surface area contributed by atoms with Crippen LogP contribution >= 0.6 is 0 Å². The molecule has 2 aromatic carbocycles. The van der Waals surface area contributed by atoms with Gasteiger partial charge in [0.05, 0.1) is 0 Å². The van der Waals surface area contributed by atoms with Crippen molar-refractivity contribution in [3.8, 4) is 5.75 Å². The van der Waals surface area contributed by atoms with Crippen molar-refractivity contribution in [3.63, 3.8) is 0 Å². The Morgan fingerprint density at radius 3 is 2.89 bits per heavy atom. The van der Waals surface area contributed by atoms with E-state index in [0.29, 0.717) is 18.8 Å². The molecule has 1 fully saturated rings. The molecular formula is C21H21FN2O4. The minimum absolute atomic E-state index is 0.0254. The summed E-state index contributed by atoms with van der Waals surface area (Å²) < 4.78 is 24.3. The number of hydrogen-bond acceptors (Lipinski definition) is 4. The van der Waals surface area contributed by atoms with Crippen LogP contribution in [0, 0.1) is 5.82 Å². The molecule has 2 heterocycles. The number of fused-ring (bicyclic) bond motifs is 1. The molecule has 6 nitrogen and oxygen atoms in total. The first-order chi connectivity index (χ1) is 13.6. The van der Waals surface area contributed by atoms with Crippen LogP contribution in [0.3, 0.4) is 0 Å². The molecule has 2 amide bonds. The molecule has 0 unspecified atom stereocenters. The molecule has 0 bridgehead atoms. The van der Waals surface area contributed by atoms with Gasteiger partial charge < -0.3 is 19.7 Å². The zero-order valence-corrected chi connectivity index (χ0v) is 15.3. The summed E-state index contributed by atoms with van der Waals surface area (Å²) in [5.41, 5.74) is 2.42. The molecule has 28 heavy (non-hydrogen) atoms. The quantitative estimate of drug-likeness (QED) is 0.861. The molecule has 2 aromatic rings. The van der Waals surface area contributed by atoms with Crippen molar-refractivity contribution in [1.82, 2.24) is 0 Å². The van der Waals surface area contributed by atoms with Gasteiger partial charge in [0.25, 0.3) is 11.8 Å². The molecule has 0 radical (unpaired) electrons. The molecule has 7 heteroatoms. The van der Waals surface area contributed by atoms with Gasteiger partial charge >= 0.3 is 0 Å². The zero-order chi connectivity index (χ0) is 19.5. The maximum absolute atomic E-state index is 13.6. The number of amides is 2. The highest BCUT2D eigenvalue weighted by Gasteiger charge is 2.32. The van der Waals surface area contributed by atoms with Crippen molar-refractivity contribution >= 4 is 23.2 Å². The van der Waals surface area contributed by atoms with Gasteiger partial charge in [-0.15, -0.1) is 0 Å². The van der Waals surface area contributed by atoms with Crippen molar-refractivity contribution < 1.29 is 23.5 Å². The topological polar surface area (TPSA) is 67.9 Å². The second-order valence-electron chi connectivity index (χ2n) is 6.85. The Balaban J connectivity index is 1.41. The number of halogens is 1. The Kier molecular flexibility index (Phi) is 5.25. The monoisotopic (exact) mass is 384 g/mol. The van der Waals surface area contributed by atoms with E-state index in [2.05, 4.69) is 5.32 Å². The van der Waals surface area contributed by atoms with Crippen LogP contribution in [0.4, 0.5) is 15.8 Å². The lowest BCUT2D eigenvalue weighted by molar-refractivity contribution is -0.127. The average molecular weight is 384 g/mol. The van der Waals surface area contributed by atoms with Crippen LogP contribution in [-0.2, 0) is 20.7 Å². The zero-order valence-electron chi connectivity index (χ0n) is 15.3. The first-order valence-corrected chi connectivity index (χ1v) is 9.35. The lowest BCUT2D eigenvalue weighted by atomic mass is 10.1. The summed E-state index contributed by atoms with van der Waals surface area (Å²) in [6.45, 7) is 0.924. The van der Waals surface area contributed by atoms with Crippen molar-refractivity contribution in [1.29, 1.82) is 0 Å². The van der Waals surface area contributed by atoms with Crippen molar-refractivity contribution in [2.75, 3.05) is 30.0 Å². The highest BCUT2D eigenvalue weighted by Crippen LogP contribution is 2.32. The summed E-state index contributed by atoms with van der Waals surface area (Å²) in [4.78, 5) is 26.6. The number of ether oxygens (including phenoxy) is 2. The van der Waals surface area contributed by atoms with E-state index < -0.39 is 11.7 Å². The lowest BCUT2D eigenvalue weighted by Crippen LogP contribution is -2.37. The van der Waals surface area contributed by atoms with Crippen molar-refractivity contribution in [2.45, 2.75) is 25.4 Å². The molecule has 0 aromatic heterocycles. The average Bonchev–Trinajstić information content (AvgIpc) is 3.37. The van der Waals surface area contributed by atoms with E-state index in [4.69, 9.17) is 9.47 Å². The highest BCUT2D eigenvalue weighted by atomic mass is 19.1. The number of anilines is 2. The van der Waals surface area contributed by atoms with Gasteiger partial charge in [-0.25, -0.2) is 4.39 Å². The van der Waals surface area contributed by atoms with Crippen LogP contribution in [0.5, 0.6) is 5.75 Å². The van der Waals surface area contributed by atoms with Gasteiger partial charge in [-0.3, -0.25) is 9.59 Å². The fraction of sp³-hybridized carbons (Fsp3) is 0.333. The third-order valence-electron chi connectivity index (χ3n) is 4.93. The van der Waals surface area contributed by atoms with Crippen molar-refractivity contribution in [3.05, 3.63) is 53.8 Å². The number of nitrogens with zero attached hydrogens (tertiary/aromatic N) is 1. The van der Waals surface area contributed by atoms with E-state index in [1.54, 1.807) is 29.2 Å². The normalized spacial score (nSPS) is 18.0. The number of rotatable bonds is 5. The van der Waals surface area contributed by atoms with Crippen LogP contribution in [0.25, 0.3) is 0 Å². The summed E-state index contributed by atoms with van der Waals surface area (Å²) >= 11 is 0. The number of carbonyl (C=O) groups excluding carboxylic acids is 2. The number of carbonyl (C=O) groups is 2. The largest absolute Gasteiger partial charge is 0.481 e.